The van der Waals surface area contributed by atoms with Gasteiger partial charge in [-0.15, -0.1) is 5.10 Å². The van der Waals surface area contributed by atoms with E-state index in [1.807, 2.05) is 43.5 Å². The smallest absolute Gasteiger partial charge is 0.247 e. The summed E-state index contributed by atoms with van der Waals surface area (Å²) in [6.45, 7) is 3.64. The third-order valence-corrected chi connectivity index (χ3v) is 4.56. The van der Waals surface area contributed by atoms with Gasteiger partial charge in [0, 0.05) is 19.4 Å². The Morgan fingerprint density at radius 3 is 2.72 bits per heavy atom. The molecule has 3 aromatic rings. The Kier molecular flexibility index (Phi) is 4.43. The van der Waals surface area contributed by atoms with Crippen molar-refractivity contribution >= 4 is 11.6 Å². The van der Waals surface area contributed by atoms with Crippen LogP contribution in [0.4, 0.5) is 11.6 Å². The summed E-state index contributed by atoms with van der Waals surface area (Å²) >= 11 is 0. The minimum atomic E-state index is 0.511. The van der Waals surface area contributed by atoms with E-state index in [0.29, 0.717) is 11.9 Å². The van der Waals surface area contributed by atoms with Crippen molar-refractivity contribution in [1.29, 1.82) is 0 Å². The number of aryl methyl sites for hydroxylation is 1. The van der Waals surface area contributed by atoms with E-state index >= 15 is 0 Å². The fraction of sp³-hybridized carbons (Fsp3) is 0.316. The van der Waals surface area contributed by atoms with E-state index in [9.17, 15) is 0 Å². The molecule has 0 bridgehead atoms. The van der Waals surface area contributed by atoms with Crippen molar-refractivity contribution < 1.29 is 4.74 Å². The molecule has 0 aliphatic carbocycles. The van der Waals surface area contributed by atoms with Crippen LogP contribution in [0.15, 0.2) is 48.9 Å². The molecule has 3 heterocycles. The Morgan fingerprint density at radius 2 is 1.92 bits per heavy atom. The maximum Gasteiger partial charge on any atom is 0.247 e. The SMILES string of the molecule is Cc1ncc(C2CCOCC2)cc1Nc1ncn(-c2ccccc2)n1. The number of ether oxygens (including phenoxy) is 1. The van der Waals surface area contributed by atoms with E-state index in [1.54, 1.807) is 11.0 Å². The zero-order valence-corrected chi connectivity index (χ0v) is 14.2. The quantitative estimate of drug-likeness (QED) is 0.789. The van der Waals surface area contributed by atoms with Gasteiger partial charge in [-0.2, -0.15) is 4.98 Å². The first-order chi connectivity index (χ1) is 12.3. The van der Waals surface area contributed by atoms with Gasteiger partial charge in [0.25, 0.3) is 0 Å². The number of nitrogens with one attached hydrogen (secondary N) is 1. The molecule has 0 spiro atoms. The van der Waals surface area contributed by atoms with Crippen LogP contribution >= 0.6 is 0 Å². The average molecular weight is 335 g/mol. The molecule has 128 valence electrons. The molecule has 0 saturated carbocycles. The summed E-state index contributed by atoms with van der Waals surface area (Å²) in [5, 5.41) is 7.81. The Morgan fingerprint density at radius 1 is 1.12 bits per heavy atom. The lowest BCUT2D eigenvalue weighted by molar-refractivity contribution is 0.0853. The second kappa shape index (κ2) is 7.03. The third-order valence-electron chi connectivity index (χ3n) is 4.56. The lowest BCUT2D eigenvalue weighted by Crippen LogP contribution is -2.14. The van der Waals surface area contributed by atoms with Crippen LogP contribution in [0, 0.1) is 6.92 Å². The topological polar surface area (TPSA) is 64.9 Å². The summed E-state index contributed by atoms with van der Waals surface area (Å²) in [7, 11) is 0. The summed E-state index contributed by atoms with van der Waals surface area (Å²) in [6.07, 6.45) is 5.78. The van der Waals surface area contributed by atoms with Crippen LogP contribution in [-0.4, -0.2) is 33.0 Å². The van der Waals surface area contributed by atoms with Gasteiger partial charge in [-0.05, 0) is 49.4 Å². The van der Waals surface area contributed by atoms with Gasteiger partial charge in [-0.25, -0.2) is 4.68 Å². The van der Waals surface area contributed by atoms with Crippen LogP contribution in [-0.2, 0) is 4.74 Å². The second-order valence-corrected chi connectivity index (χ2v) is 6.26. The summed E-state index contributed by atoms with van der Waals surface area (Å²) in [5.74, 6) is 1.08. The van der Waals surface area contributed by atoms with Gasteiger partial charge in [-0.1, -0.05) is 18.2 Å². The van der Waals surface area contributed by atoms with Crippen LogP contribution in [0.3, 0.4) is 0 Å². The second-order valence-electron chi connectivity index (χ2n) is 6.26. The van der Waals surface area contributed by atoms with Gasteiger partial charge in [0.15, 0.2) is 0 Å². The van der Waals surface area contributed by atoms with Crippen molar-refractivity contribution in [3.63, 3.8) is 0 Å². The maximum atomic E-state index is 5.46. The van der Waals surface area contributed by atoms with E-state index < -0.39 is 0 Å². The number of rotatable bonds is 4. The van der Waals surface area contributed by atoms with E-state index in [2.05, 4.69) is 26.4 Å². The fourth-order valence-corrected chi connectivity index (χ4v) is 3.08. The summed E-state index contributed by atoms with van der Waals surface area (Å²) in [6, 6.07) is 12.1. The number of nitrogens with zero attached hydrogens (tertiary/aromatic N) is 4. The predicted molar refractivity (Wildman–Crippen MR) is 96.4 cm³/mol. The van der Waals surface area contributed by atoms with E-state index in [0.717, 1.165) is 43.1 Å². The Labute approximate surface area is 146 Å². The first kappa shape index (κ1) is 15.8. The van der Waals surface area contributed by atoms with Gasteiger partial charge in [0.05, 0.1) is 17.1 Å². The zero-order chi connectivity index (χ0) is 17.1. The number of pyridine rings is 1. The normalized spacial score (nSPS) is 15.2. The van der Waals surface area contributed by atoms with Crippen LogP contribution < -0.4 is 5.32 Å². The van der Waals surface area contributed by atoms with E-state index in [4.69, 9.17) is 4.74 Å². The molecule has 25 heavy (non-hydrogen) atoms. The van der Waals surface area contributed by atoms with Gasteiger partial charge < -0.3 is 10.1 Å². The molecule has 1 N–H and O–H groups in total. The first-order valence-corrected chi connectivity index (χ1v) is 8.58. The number of hydrogen-bond acceptors (Lipinski definition) is 5. The maximum absolute atomic E-state index is 5.46. The van der Waals surface area contributed by atoms with Crippen molar-refractivity contribution in [3.8, 4) is 5.69 Å². The molecular weight excluding hydrogens is 314 g/mol. The first-order valence-electron chi connectivity index (χ1n) is 8.58. The molecule has 0 unspecified atom stereocenters. The Hall–Kier alpha value is -2.73. The lowest BCUT2D eigenvalue weighted by Gasteiger charge is -2.22. The van der Waals surface area contributed by atoms with Crippen molar-refractivity contribution in [2.24, 2.45) is 0 Å². The molecule has 0 radical (unpaired) electrons. The number of para-hydroxylation sites is 1. The molecule has 1 aliphatic heterocycles. The molecule has 0 amide bonds. The lowest BCUT2D eigenvalue weighted by atomic mass is 9.92. The van der Waals surface area contributed by atoms with Gasteiger partial charge >= 0.3 is 0 Å². The molecule has 1 saturated heterocycles. The predicted octanol–water partition coefficient (Wildman–Crippen LogP) is 3.61. The molecule has 2 aromatic heterocycles. The van der Waals surface area contributed by atoms with Crippen LogP contribution in [0.25, 0.3) is 5.69 Å². The number of hydrogen-bond donors (Lipinski definition) is 1. The molecule has 1 fully saturated rings. The van der Waals surface area contributed by atoms with Gasteiger partial charge in [-0.3, -0.25) is 4.98 Å². The Balaban J connectivity index is 1.55. The molecule has 0 atom stereocenters. The number of anilines is 2. The highest BCUT2D eigenvalue weighted by Crippen LogP contribution is 2.29. The van der Waals surface area contributed by atoms with E-state index in [1.165, 1.54) is 5.56 Å². The van der Waals surface area contributed by atoms with Crippen molar-refractivity contribution in [1.82, 2.24) is 19.7 Å². The fourth-order valence-electron chi connectivity index (χ4n) is 3.08. The highest BCUT2D eigenvalue weighted by Gasteiger charge is 2.17. The number of benzene rings is 1. The van der Waals surface area contributed by atoms with Crippen molar-refractivity contribution in [3.05, 3.63) is 60.2 Å². The van der Waals surface area contributed by atoms with Crippen LogP contribution in [0.1, 0.15) is 30.0 Å². The third kappa shape index (κ3) is 3.53. The van der Waals surface area contributed by atoms with Crippen LogP contribution in [0.2, 0.25) is 0 Å². The van der Waals surface area contributed by atoms with Crippen LogP contribution in [0.5, 0.6) is 0 Å². The molecular formula is C19H21N5O. The Bertz CT molecular complexity index is 840. The molecule has 1 aliphatic rings. The standard InChI is InChI=1S/C19H21N5O/c1-14-18(11-16(12-20-14)15-7-9-25-10-8-15)22-19-21-13-24(23-19)17-5-3-2-4-6-17/h2-6,11-13,15H,7-10H2,1H3,(H,22,23). The zero-order valence-electron chi connectivity index (χ0n) is 14.2. The van der Waals surface area contributed by atoms with Crippen molar-refractivity contribution in [2.45, 2.75) is 25.7 Å². The van der Waals surface area contributed by atoms with E-state index in [-0.39, 0.29) is 0 Å². The summed E-state index contributed by atoms with van der Waals surface area (Å²) in [5.41, 5.74) is 4.12. The molecule has 1 aromatic carbocycles. The molecule has 6 nitrogen and oxygen atoms in total. The highest BCUT2D eigenvalue weighted by molar-refractivity contribution is 5.57. The van der Waals surface area contributed by atoms with Gasteiger partial charge in [0.1, 0.15) is 6.33 Å². The minimum Gasteiger partial charge on any atom is -0.381 e. The minimum absolute atomic E-state index is 0.511. The molecule has 6 heteroatoms. The summed E-state index contributed by atoms with van der Waals surface area (Å²) < 4.78 is 7.21. The molecule has 4 rings (SSSR count). The van der Waals surface area contributed by atoms with Gasteiger partial charge in [0.2, 0.25) is 5.95 Å². The largest absolute Gasteiger partial charge is 0.381 e. The van der Waals surface area contributed by atoms with Crippen molar-refractivity contribution in [2.75, 3.05) is 18.5 Å². The monoisotopic (exact) mass is 335 g/mol. The number of aromatic nitrogens is 4. The summed E-state index contributed by atoms with van der Waals surface area (Å²) in [4.78, 5) is 8.91. The highest BCUT2D eigenvalue weighted by atomic mass is 16.5. The average Bonchev–Trinajstić information content (AvgIpc) is 3.14.